The van der Waals surface area contributed by atoms with Crippen molar-refractivity contribution in [2.24, 2.45) is 0 Å². The molecule has 0 atom stereocenters. The Labute approximate surface area is 115 Å². The number of rotatable bonds is 4. The molecule has 2 heterocycles. The molecule has 0 radical (unpaired) electrons. The van der Waals surface area contributed by atoms with Crippen molar-refractivity contribution in [3.63, 3.8) is 0 Å². The molecule has 0 spiro atoms. The molecule has 2 aromatic rings. The summed E-state index contributed by atoms with van der Waals surface area (Å²) in [4.78, 5) is 0. The Hall–Kier alpha value is -1.72. The van der Waals surface area contributed by atoms with Crippen LogP contribution in [0, 0.1) is 0 Å². The molecule has 0 bridgehead atoms. The Bertz CT molecular complexity index is 557. The molecule has 0 fully saturated rings. The number of nitrogens with one attached hydrogen (secondary N) is 1. The average Bonchev–Trinajstić information content (AvgIpc) is 2.92. The average molecular weight is 281 g/mol. The van der Waals surface area contributed by atoms with Crippen molar-refractivity contribution in [2.75, 3.05) is 13.2 Å². The predicted molar refractivity (Wildman–Crippen MR) is 69.5 cm³/mol. The number of halogens is 1. The van der Waals surface area contributed by atoms with E-state index in [1.54, 1.807) is 6.20 Å². The van der Waals surface area contributed by atoms with Gasteiger partial charge >= 0.3 is 0 Å². The van der Waals surface area contributed by atoms with Gasteiger partial charge in [0.05, 0.1) is 17.8 Å². The summed E-state index contributed by atoms with van der Waals surface area (Å²) in [5.41, 5.74) is 1.04. The summed E-state index contributed by atoms with van der Waals surface area (Å²) in [6.07, 6.45) is 1.62. The first-order chi connectivity index (χ1) is 9.33. The van der Waals surface area contributed by atoms with Crippen molar-refractivity contribution in [2.45, 2.75) is 13.1 Å². The van der Waals surface area contributed by atoms with Gasteiger partial charge in [-0.05, 0) is 17.7 Å². The molecule has 0 unspecified atom stereocenters. The largest absolute Gasteiger partial charge is 0.486 e. The van der Waals surface area contributed by atoms with E-state index in [2.05, 4.69) is 10.5 Å². The first-order valence-corrected chi connectivity index (χ1v) is 6.39. The monoisotopic (exact) mass is 280 g/mol. The van der Waals surface area contributed by atoms with Crippen molar-refractivity contribution in [3.05, 3.63) is 40.7 Å². The lowest BCUT2D eigenvalue weighted by Crippen LogP contribution is -2.17. The van der Waals surface area contributed by atoms with Crippen LogP contribution in [0.5, 0.6) is 11.5 Å². The van der Waals surface area contributed by atoms with Gasteiger partial charge in [0.25, 0.3) is 0 Å². The van der Waals surface area contributed by atoms with Crippen molar-refractivity contribution < 1.29 is 14.0 Å². The SMILES string of the molecule is Clc1cc(CNCc2ccno2)cc2c1OCCO2. The van der Waals surface area contributed by atoms with E-state index in [1.165, 1.54) is 0 Å². The normalized spacial score (nSPS) is 13.5. The molecule has 1 aromatic heterocycles. The summed E-state index contributed by atoms with van der Waals surface area (Å²) in [6.45, 7) is 2.37. The molecule has 5 nitrogen and oxygen atoms in total. The molecule has 1 aromatic carbocycles. The zero-order valence-electron chi connectivity index (χ0n) is 10.2. The van der Waals surface area contributed by atoms with Gasteiger partial charge in [0.1, 0.15) is 19.0 Å². The molecular weight excluding hydrogens is 268 g/mol. The summed E-state index contributed by atoms with van der Waals surface area (Å²) in [5.74, 6) is 2.13. The summed E-state index contributed by atoms with van der Waals surface area (Å²) < 4.78 is 16.0. The van der Waals surface area contributed by atoms with E-state index >= 15 is 0 Å². The van der Waals surface area contributed by atoms with Crippen LogP contribution in [0.1, 0.15) is 11.3 Å². The highest BCUT2D eigenvalue weighted by atomic mass is 35.5. The van der Waals surface area contributed by atoms with E-state index in [0.717, 1.165) is 11.3 Å². The van der Waals surface area contributed by atoms with Gasteiger partial charge in [-0.3, -0.25) is 0 Å². The van der Waals surface area contributed by atoms with Gasteiger partial charge in [-0.1, -0.05) is 16.8 Å². The van der Waals surface area contributed by atoms with E-state index in [0.29, 0.717) is 42.8 Å². The van der Waals surface area contributed by atoms with Crippen molar-refractivity contribution in [1.29, 1.82) is 0 Å². The number of hydrogen-bond acceptors (Lipinski definition) is 5. The number of benzene rings is 1. The number of fused-ring (bicyclic) bond motifs is 1. The third-order valence-electron chi connectivity index (χ3n) is 2.78. The van der Waals surface area contributed by atoms with Crippen molar-refractivity contribution in [1.82, 2.24) is 10.5 Å². The Morgan fingerprint density at radius 3 is 2.95 bits per heavy atom. The van der Waals surface area contributed by atoms with Gasteiger partial charge in [-0.15, -0.1) is 0 Å². The van der Waals surface area contributed by atoms with Gasteiger partial charge in [-0.25, -0.2) is 0 Å². The number of ether oxygens (including phenoxy) is 2. The third kappa shape index (κ3) is 2.83. The zero-order chi connectivity index (χ0) is 13.1. The molecule has 1 N–H and O–H groups in total. The first kappa shape index (κ1) is 12.3. The maximum atomic E-state index is 6.16. The van der Waals surface area contributed by atoms with Gasteiger partial charge in [0, 0.05) is 12.6 Å². The number of nitrogens with zero attached hydrogens (tertiary/aromatic N) is 1. The van der Waals surface area contributed by atoms with Crippen molar-refractivity contribution in [3.8, 4) is 11.5 Å². The van der Waals surface area contributed by atoms with Gasteiger partial charge in [0.15, 0.2) is 11.5 Å². The van der Waals surface area contributed by atoms with Crippen molar-refractivity contribution >= 4 is 11.6 Å². The topological polar surface area (TPSA) is 56.5 Å². The summed E-state index contributed by atoms with van der Waals surface area (Å²) >= 11 is 6.16. The molecule has 0 aliphatic carbocycles. The minimum absolute atomic E-state index is 0.538. The van der Waals surface area contributed by atoms with Crippen LogP contribution in [0.3, 0.4) is 0 Å². The lowest BCUT2D eigenvalue weighted by Gasteiger charge is -2.20. The van der Waals surface area contributed by atoms with E-state index < -0.39 is 0 Å². The molecule has 0 saturated heterocycles. The van der Waals surface area contributed by atoms with Crippen LogP contribution in [-0.2, 0) is 13.1 Å². The van der Waals surface area contributed by atoms with Crippen LogP contribution in [0.4, 0.5) is 0 Å². The summed E-state index contributed by atoms with van der Waals surface area (Å²) in [5, 5.41) is 7.47. The highest BCUT2D eigenvalue weighted by Crippen LogP contribution is 2.38. The second kappa shape index (κ2) is 5.50. The lowest BCUT2D eigenvalue weighted by molar-refractivity contribution is 0.171. The van der Waals surface area contributed by atoms with Crippen LogP contribution < -0.4 is 14.8 Å². The number of hydrogen-bond donors (Lipinski definition) is 1. The van der Waals surface area contributed by atoms with Crippen LogP contribution in [0.15, 0.2) is 28.9 Å². The molecule has 100 valence electrons. The second-order valence-electron chi connectivity index (χ2n) is 4.18. The molecule has 19 heavy (non-hydrogen) atoms. The first-order valence-electron chi connectivity index (χ1n) is 6.01. The van der Waals surface area contributed by atoms with Crippen LogP contribution >= 0.6 is 11.6 Å². The molecule has 3 rings (SSSR count). The summed E-state index contributed by atoms with van der Waals surface area (Å²) in [7, 11) is 0. The highest BCUT2D eigenvalue weighted by Gasteiger charge is 2.16. The molecular formula is C13H13ClN2O3. The maximum absolute atomic E-state index is 6.16. The molecule has 0 saturated carbocycles. The molecule has 6 heteroatoms. The Balaban J connectivity index is 1.66. The van der Waals surface area contributed by atoms with E-state index in [4.69, 9.17) is 25.6 Å². The van der Waals surface area contributed by atoms with E-state index in [-0.39, 0.29) is 0 Å². The van der Waals surface area contributed by atoms with Gasteiger partial charge in [0.2, 0.25) is 0 Å². The predicted octanol–water partition coefficient (Wildman–Crippen LogP) is 2.39. The smallest absolute Gasteiger partial charge is 0.179 e. The third-order valence-corrected chi connectivity index (χ3v) is 3.06. The fourth-order valence-electron chi connectivity index (χ4n) is 1.93. The Kier molecular flexibility index (Phi) is 3.57. The molecule has 0 amide bonds. The van der Waals surface area contributed by atoms with Crippen LogP contribution in [0.25, 0.3) is 0 Å². The fourth-order valence-corrected chi connectivity index (χ4v) is 2.22. The molecule has 1 aliphatic rings. The zero-order valence-corrected chi connectivity index (χ0v) is 10.9. The maximum Gasteiger partial charge on any atom is 0.179 e. The van der Waals surface area contributed by atoms with Crippen LogP contribution in [0.2, 0.25) is 5.02 Å². The number of aromatic nitrogens is 1. The van der Waals surface area contributed by atoms with E-state index in [9.17, 15) is 0 Å². The van der Waals surface area contributed by atoms with Gasteiger partial charge < -0.3 is 19.3 Å². The minimum atomic E-state index is 0.538. The fraction of sp³-hybridized carbons (Fsp3) is 0.308. The quantitative estimate of drug-likeness (QED) is 0.932. The summed E-state index contributed by atoms with van der Waals surface area (Å²) in [6, 6.07) is 5.64. The minimum Gasteiger partial charge on any atom is -0.486 e. The standard InChI is InChI=1S/C13H13ClN2O3/c14-11-5-9(6-12-13(11)18-4-3-17-12)7-15-8-10-1-2-16-19-10/h1-2,5-6,15H,3-4,7-8H2. The Morgan fingerprint density at radius 1 is 1.21 bits per heavy atom. The van der Waals surface area contributed by atoms with E-state index in [1.807, 2.05) is 18.2 Å². The highest BCUT2D eigenvalue weighted by molar-refractivity contribution is 6.32. The second-order valence-corrected chi connectivity index (χ2v) is 4.59. The van der Waals surface area contributed by atoms with Crippen LogP contribution in [-0.4, -0.2) is 18.4 Å². The molecule has 1 aliphatic heterocycles. The lowest BCUT2D eigenvalue weighted by atomic mass is 10.2. The van der Waals surface area contributed by atoms with Gasteiger partial charge in [-0.2, -0.15) is 0 Å². The Morgan fingerprint density at radius 2 is 2.11 bits per heavy atom.